The van der Waals surface area contributed by atoms with Gasteiger partial charge in [0.05, 0.1) is 14.2 Å². The summed E-state index contributed by atoms with van der Waals surface area (Å²) in [4.78, 5) is 41.4. The maximum atomic E-state index is 13.3. The lowest BCUT2D eigenvalue weighted by Gasteiger charge is -2.14. The van der Waals surface area contributed by atoms with Crippen molar-refractivity contribution in [1.29, 1.82) is 0 Å². The van der Waals surface area contributed by atoms with Crippen molar-refractivity contribution in [2.45, 2.75) is 11.3 Å². The molecule has 39 heavy (non-hydrogen) atoms. The van der Waals surface area contributed by atoms with Crippen LogP contribution >= 0.6 is 11.8 Å². The molecule has 2 N–H and O–H groups in total. The zero-order valence-electron chi connectivity index (χ0n) is 21.9. The van der Waals surface area contributed by atoms with Crippen LogP contribution in [0.2, 0.25) is 0 Å². The molecule has 3 aromatic rings. The molecule has 0 atom stereocenters. The van der Waals surface area contributed by atoms with Gasteiger partial charge < -0.3 is 24.8 Å². The average molecular weight is 548 g/mol. The topological polar surface area (TPSA) is 106 Å². The first-order chi connectivity index (χ1) is 18.9. The van der Waals surface area contributed by atoms with Gasteiger partial charge in [0, 0.05) is 42.1 Å². The van der Waals surface area contributed by atoms with Gasteiger partial charge in [0.1, 0.15) is 22.1 Å². The third kappa shape index (κ3) is 6.78. The van der Waals surface area contributed by atoms with Crippen LogP contribution in [0, 0.1) is 0 Å². The number of carbonyl (C=O) groups excluding carboxylic acids is 3. The van der Waals surface area contributed by atoms with E-state index < -0.39 is 5.91 Å². The van der Waals surface area contributed by atoms with E-state index in [1.165, 1.54) is 16.7 Å². The summed E-state index contributed by atoms with van der Waals surface area (Å²) in [6.45, 7) is 0.683. The summed E-state index contributed by atoms with van der Waals surface area (Å²) in [6, 6.07) is 21.0. The number of nitrogens with one attached hydrogen (secondary N) is 2. The monoisotopic (exact) mass is 547 g/mol. The molecule has 0 aromatic heterocycles. The number of ether oxygens (including phenoxy) is 3. The van der Waals surface area contributed by atoms with Crippen molar-refractivity contribution in [3.8, 4) is 11.5 Å². The quantitative estimate of drug-likeness (QED) is 0.247. The molecule has 1 aliphatic heterocycles. The third-order valence-corrected chi connectivity index (χ3v) is 6.97. The number of amides is 3. The number of rotatable bonds is 12. The van der Waals surface area contributed by atoms with Gasteiger partial charge in [0.25, 0.3) is 17.7 Å². The summed E-state index contributed by atoms with van der Waals surface area (Å²) in [5.74, 6) is 0.238. The normalized spacial score (nSPS) is 13.1. The lowest BCUT2D eigenvalue weighted by atomic mass is 10.2. The Morgan fingerprint density at radius 3 is 2.21 bits per heavy atom. The molecule has 3 aromatic carbocycles. The van der Waals surface area contributed by atoms with Gasteiger partial charge in [-0.15, -0.1) is 0 Å². The summed E-state index contributed by atoms with van der Waals surface area (Å²) in [5, 5.41) is 5.97. The summed E-state index contributed by atoms with van der Waals surface area (Å²) >= 11 is 1.19. The molecule has 0 bridgehead atoms. The minimum absolute atomic E-state index is 0.211. The van der Waals surface area contributed by atoms with Gasteiger partial charge in [-0.2, -0.15) is 0 Å². The second-order valence-corrected chi connectivity index (χ2v) is 9.56. The lowest BCUT2D eigenvalue weighted by molar-refractivity contribution is -0.137. The van der Waals surface area contributed by atoms with Crippen molar-refractivity contribution < 1.29 is 28.6 Å². The molecule has 1 aliphatic rings. The number of thioether (sulfide) groups is 1. The maximum absolute atomic E-state index is 13.3. The van der Waals surface area contributed by atoms with Crippen LogP contribution < -0.4 is 20.1 Å². The molecule has 10 heteroatoms. The number of carbonyl (C=O) groups is 3. The predicted octanol–water partition coefficient (Wildman–Crippen LogP) is 4.78. The van der Waals surface area contributed by atoms with Gasteiger partial charge in [-0.3, -0.25) is 19.3 Å². The highest BCUT2D eigenvalue weighted by atomic mass is 32.2. The summed E-state index contributed by atoms with van der Waals surface area (Å²) in [7, 11) is 4.70. The largest absolute Gasteiger partial charge is 0.497 e. The number of anilines is 2. The highest BCUT2D eigenvalue weighted by molar-refractivity contribution is 8.04. The molecule has 0 unspecified atom stereocenters. The number of benzene rings is 3. The Labute approximate surface area is 231 Å². The van der Waals surface area contributed by atoms with Crippen LogP contribution in [0.5, 0.6) is 11.5 Å². The molecular formula is C29H29N3O6S. The van der Waals surface area contributed by atoms with E-state index in [-0.39, 0.29) is 24.1 Å². The number of nitrogens with zero attached hydrogens (tertiary/aromatic N) is 1. The SMILES string of the molecule is COCCCN1C(=O)C(Nc2ccc(OC)cc2)=C(Sc2ccc(NC(=O)c3cccc(OC)c3)cc2)C1=O. The van der Waals surface area contributed by atoms with Gasteiger partial charge in [-0.1, -0.05) is 17.8 Å². The molecular weight excluding hydrogens is 518 g/mol. The van der Waals surface area contributed by atoms with Gasteiger partial charge in [-0.05, 0) is 73.2 Å². The molecule has 1 heterocycles. The fourth-order valence-corrected chi connectivity index (χ4v) is 4.79. The van der Waals surface area contributed by atoms with Gasteiger partial charge in [-0.25, -0.2) is 0 Å². The minimum Gasteiger partial charge on any atom is -0.497 e. The van der Waals surface area contributed by atoms with Crippen molar-refractivity contribution >= 4 is 40.9 Å². The van der Waals surface area contributed by atoms with Crippen LogP contribution in [-0.4, -0.2) is 57.1 Å². The van der Waals surface area contributed by atoms with Gasteiger partial charge >= 0.3 is 0 Å². The molecule has 0 spiro atoms. The van der Waals surface area contributed by atoms with Crippen LogP contribution in [0.3, 0.4) is 0 Å². The molecule has 0 saturated carbocycles. The number of hydrogen-bond acceptors (Lipinski definition) is 8. The second kappa shape index (κ2) is 13.0. The van der Waals surface area contributed by atoms with Crippen LogP contribution in [0.4, 0.5) is 11.4 Å². The van der Waals surface area contributed by atoms with Crippen molar-refractivity contribution in [3.63, 3.8) is 0 Å². The molecule has 0 saturated heterocycles. The Kier molecular flexibility index (Phi) is 9.24. The molecule has 0 fully saturated rings. The number of hydrogen-bond donors (Lipinski definition) is 2. The first-order valence-electron chi connectivity index (χ1n) is 12.2. The Morgan fingerprint density at radius 2 is 1.54 bits per heavy atom. The summed E-state index contributed by atoms with van der Waals surface area (Å²) < 4.78 is 15.5. The fourth-order valence-electron chi connectivity index (χ4n) is 3.84. The van der Waals surface area contributed by atoms with E-state index in [1.54, 1.807) is 94.1 Å². The Balaban J connectivity index is 1.52. The zero-order chi connectivity index (χ0) is 27.8. The summed E-state index contributed by atoms with van der Waals surface area (Å²) in [5.41, 5.74) is 1.92. The molecule has 4 rings (SSSR count). The Morgan fingerprint density at radius 1 is 0.846 bits per heavy atom. The molecule has 9 nitrogen and oxygen atoms in total. The van der Waals surface area contributed by atoms with Crippen LogP contribution in [0.25, 0.3) is 0 Å². The van der Waals surface area contributed by atoms with E-state index in [1.807, 2.05) is 0 Å². The van der Waals surface area contributed by atoms with Crippen molar-refractivity contribution in [1.82, 2.24) is 4.90 Å². The number of methoxy groups -OCH3 is 3. The first-order valence-corrected chi connectivity index (χ1v) is 13.0. The average Bonchev–Trinajstić information content (AvgIpc) is 3.18. The molecule has 0 aliphatic carbocycles. The minimum atomic E-state index is -0.392. The summed E-state index contributed by atoms with van der Waals surface area (Å²) in [6.07, 6.45) is 0.531. The van der Waals surface area contributed by atoms with E-state index in [9.17, 15) is 14.4 Å². The predicted molar refractivity (Wildman–Crippen MR) is 150 cm³/mol. The van der Waals surface area contributed by atoms with E-state index in [0.717, 1.165) is 4.90 Å². The molecule has 3 amide bonds. The smallest absolute Gasteiger partial charge is 0.278 e. The van der Waals surface area contributed by atoms with E-state index in [0.29, 0.717) is 46.4 Å². The number of imide groups is 1. The van der Waals surface area contributed by atoms with Crippen LogP contribution in [0.1, 0.15) is 16.8 Å². The van der Waals surface area contributed by atoms with E-state index >= 15 is 0 Å². The van der Waals surface area contributed by atoms with Crippen molar-refractivity contribution in [2.75, 3.05) is 45.1 Å². The van der Waals surface area contributed by atoms with Crippen LogP contribution in [0.15, 0.2) is 88.3 Å². The van der Waals surface area contributed by atoms with Gasteiger partial charge in [0.15, 0.2) is 0 Å². The second-order valence-electron chi connectivity index (χ2n) is 8.48. The van der Waals surface area contributed by atoms with E-state index in [4.69, 9.17) is 14.2 Å². The molecule has 0 radical (unpaired) electrons. The zero-order valence-corrected chi connectivity index (χ0v) is 22.7. The fraction of sp³-hybridized carbons (Fsp3) is 0.207. The van der Waals surface area contributed by atoms with Crippen molar-refractivity contribution in [3.05, 3.63) is 89.0 Å². The Hall–Kier alpha value is -4.28. The molecule has 202 valence electrons. The standard InChI is InChI=1S/C29H29N3O6S/c1-36-17-5-16-32-28(34)25(30-20-8-12-22(37-2)13-9-20)26(29(32)35)39-24-14-10-21(11-15-24)31-27(33)19-6-4-7-23(18-19)38-3/h4,6-15,18,30H,5,16-17H2,1-3H3,(H,31,33). The maximum Gasteiger partial charge on any atom is 0.278 e. The lowest BCUT2D eigenvalue weighted by Crippen LogP contribution is -2.33. The highest BCUT2D eigenvalue weighted by Crippen LogP contribution is 2.36. The third-order valence-electron chi connectivity index (χ3n) is 5.88. The van der Waals surface area contributed by atoms with Crippen LogP contribution in [-0.2, 0) is 14.3 Å². The first kappa shape index (κ1) is 27.7. The van der Waals surface area contributed by atoms with Crippen molar-refractivity contribution in [2.24, 2.45) is 0 Å². The van der Waals surface area contributed by atoms with Gasteiger partial charge in [0.2, 0.25) is 0 Å². The highest BCUT2D eigenvalue weighted by Gasteiger charge is 2.38. The Bertz CT molecular complexity index is 1370. The van der Waals surface area contributed by atoms with E-state index in [2.05, 4.69) is 10.6 Å².